The Morgan fingerprint density at radius 3 is 2.64 bits per heavy atom. The number of anilines is 1. The number of hydrogen-bond donors (Lipinski definition) is 2. The minimum atomic E-state index is -0.572. The van der Waals surface area contributed by atoms with Gasteiger partial charge >= 0.3 is 0 Å². The molecule has 0 aliphatic carbocycles. The zero-order valence-electron chi connectivity index (χ0n) is 12.9. The normalized spacial score (nSPS) is 19.6. The summed E-state index contributed by atoms with van der Waals surface area (Å²) in [6.07, 6.45) is 1.19. The summed E-state index contributed by atoms with van der Waals surface area (Å²) in [5, 5.41) is 3.39. The maximum absolute atomic E-state index is 12.4. The monoisotopic (exact) mass is 323 g/mol. The van der Waals surface area contributed by atoms with Crippen molar-refractivity contribution in [2.45, 2.75) is 38.8 Å². The summed E-state index contributed by atoms with van der Waals surface area (Å²) in [6, 6.07) is 6.02. The third-order valence-electron chi connectivity index (χ3n) is 3.72. The summed E-state index contributed by atoms with van der Waals surface area (Å²) in [7, 11) is 0. The number of nitrogens with one attached hydrogen (secondary N) is 1. The molecule has 0 saturated carbocycles. The van der Waals surface area contributed by atoms with E-state index in [1.807, 2.05) is 13.8 Å². The van der Waals surface area contributed by atoms with E-state index in [0.29, 0.717) is 30.3 Å². The van der Waals surface area contributed by atoms with Crippen LogP contribution in [-0.2, 0) is 9.59 Å². The van der Waals surface area contributed by atoms with E-state index in [0.717, 1.165) is 5.69 Å². The van der Waals surface area contributed by atoms with Gasteiger partial charge in [0.15, 0.2) is 0 Å². The van der Waals surface area contributed by atoms with E-state index < -0.39 is 12.1 Å². The molecule has 1 saturated heterocycles. The van der Waals surface area contributed by atoms with Crippen LogP contribution in [0.1, 0.15) is 26.7 Å². The van der Waals surface area contributed by atoms with Crippen molar-refractivity contribution in [3.8, 4) is 0 Å². The summed E-state index contributed by atoms with van der Waals surface area (Å²) in [5.74, 6) is -0.0250. The quantitative estimate of drug-likeness (QED) is 0.869. The van der Waals surface area contributed by atoms with Gasteiger partial charge in [0.25, 0.3) is 0 Å². The number of halogens is 1. The van der Waals surface area contributed by atoms with Gasteiger partial charge in [0.2, 0.25) is 11.8 Å². The molecule has 0 bridgehead atoms. The van der Waals surface area contributed by atoms with Crippen molar-refractivity contribution in [3.05, 3.63) is 29.3 Å². The Morgan fingerprint density at radius 2 is 2.05 bits per heavy atom. The molecule has 2 amide bonds. The molecule has 22 heavy (non-hydrogen) atoms. The summed E-state index contributed by atoms with van der Waals surface area (Å²) >= 11 is 5.85. The third-order valence-corrected chi connectivity index (χ3v) is 3.97. The van der Waals surface area contributed by atoms with Crippen molar-refractivity contribution in [2.24, 2.45) is 11.7 Å². The predicted octanol–water partition coefficient (Wildman–Crippen LogP) is 1.93. The lowest BCUT2D eigenvalue weighted by Gasteiger charge is -2.19. The van der Waals surface area contributed by atoms with Crippen LogP contribution in [0.15, 0.2) is 24.3 Å². The van der Waals surface area contributed by atoms with E-state index in [2.05, 4.69) is 5.32 Å². The Labute approximate surface area is 135 Å². The molecule has 1 aromatic rings. The highest BCUT2D eigenvalue weighted by Crippen LogP contribution is 2.23. The standard InChI is InChI=1S/C16H22ClN3O2/c1-10(2)9-13(18)15(21)19-14-7-8-20(16(14)22)12-5-3-11(17)4-6-12/h3-6,10,13-14H,7-9,18H2,1-2H3,(H,19,21)/t13-,14?/m0/s1. The maximum Gasteiger partial charge on any atom is 0.249 e. The molecule has 0 aromatic heterocycles. The Kier molecular flexibility index (Phi) is 5.42. The maximum atomic E-state index is 12.4. The molecule has 1 heterocycles. The summed E-state index contributed by atoms with van der Waals surface area (Å²) in [5.41, 5.74) is 6.64. The van der Waals surface area contributed by atoms with E-state index in [1.54, 1.807) is 29.2 Å². The number of rotatable bonds is 5. The van der Waals surface area contributed by atoms with Gasteiger partial charge in [0.05, 0.1) is 6.04 Å². The molecule has 3 N–H and O–H groups in total. The van der Waals surface area contributed by atoms with Crippen LogP contribution < -0.4 is 16.0 Å². The van der Waals surface area contributed by atoms with Crippen molar-refractivity contribution in [2.75, 3.05) is 11.4 Å². The number of nitrogens with zero attached hydrogens (tertiary/aromatic N) is 1. The van der Waals surface area contributed by atoms with Crippen molar-refractivity contribution in [1.29, 1.82) is 0 Å². The summed E-state index contributed by atoms with van der Waals surface area (Å²) < 4.78 is 0. The van der Waals surface area contributed by atoms with Gasteiger partial charge in [-0.15, -0.1) is 0 Å². The molecular formula is C16H22ClN3O2. The smallest absolute Gasteiger partial charge is 0.249 e. The van der Waals surface area contributed by atoms with Crippen LogP contribution in [-0.4, -0.2) is 30.4 Å². The molecule has 120 valence electrons. The van der Waals surface area contributed by atoms with Gasteiger partial charge in [-0.3, -0.25) is 9.59 Å². The molecule has 1 unspecified atom stereocenters. The van der Waals surface area contributed by atoms with Gasteiger partial charge in [-0.1, -0.05) is 25.4 Å². The molecular weight excluding hydrogens is 302 g/mol. The lowest BCUT2D eigenvalue weighted by atomic mass is 10.0. The fourth-order valence-corrected chi connectivity index (χ4v) is 2.71. The zero-order chi connectivity index (χ0) is 16.3. The highest BCUT2D eigenvalue weighted by molar-refractivity contribution is 6.30. The van der Waals surface area contributed by atoms with E-state index >= 15 is 0 Å². The van der Waals surface area contributed by atoms with Gasteiger partial charge in [0, 0.05) is 17.3 Å². The minimum absolute atomic E-state index is 0.104. The fourth-order valence-electron chi connectivity index (χ4n) is 2.58. The molecule has 0 radical (unpaired) electrons. The first-order valence-electron chi connectivity index (χ1n) is 7.51. The van der Waals surface area contributed by atoms with Crippen LogP contribution in [0.25, 0.3) is 0 Å². The van der Waals surface area contributed by atoms with E-state index in [-0.39, 0.29) is 11.8 Å². The van der Waals surface area contributed by atoms with Crippen molar-refractivity contribution in [1.82, 2.24) is 5.32 Å². The molecule has 6 heteroatoms. The number of benzene rings is 1. The van der Waals surface area contributed by atoms with E-state index in [4.69, 9.17) is 17.3 Å². The number of nitrogens with two attached hydrogens (primary N) is 1. The van der Waals surface area contributed by atoms with E-state index in [9.17, 15) is 9.59 Å². The van der Waals surface area contributed by atoms with Crippen molar-refractivity contribution < 1.29 is 9.59 Å². The Hall–Kier alpha value is -1.59. The summed E-state index contributed by atoms with van der Waals surface area (Å²) in [4.78, 5) is 26.1. The van der Waals surface area contributed by atoms with Crippen LogP contribution in [0.5, 0.6) is 0 Å². The molecule has 1 aromatic carbocycles. The highest BCUT2D eigenvalue weighted by Gasteiger charge is 2.34. The Balaban J connectivity index is 1.96. The summed E-state index contributed by atoms with van der Waals surface area (Å²) in [6.45, 7) is 4.59. The lowest BCUT2D eigenvalue weighted by Crippen LogP contribution is -2.48. The first kappa shape index (κ1) is 16.8. The van der Waals surface area contributed by atoms with Crippen LogP contribution in [0.4, 0.5) is 5.69 Å². The van der Waals surface area contributed by atoms with Gasteiger partial charge in [-0.05, 0) is 43.0 Å². The van der Waals surface area contributed by atoms with Crippen LogP contribution >= 0.6 is 11.6 Å². The van der Waals surface area contributed by atoms with Gasteiger partial charge in [0.1, 0.15) is 6.04 Å². The molecule has 1 fully saturated rings. The molecule has 2 atom stereocenters. The first-order chi connectivity index (χ1) is 10.4. The largest absolute Gasteiger partial charge is 0.343 e. The minimum Gasteiger partial charge on any atom is -0.343 e. The topological polar surface area (TPSA) is 75.4 Å². The molecule has 0 spiro atoms. The van der Waals surface area contributed by atoms with Crippen LogP contribution in [0, 0.1) is 5.92 Å². The Morgan fingerprint density at radius 1 is 1.41 bits per heavy atom. The second-order valence-electron chi connectivity index (χ2n) is 6.05. The molecule has 2 rings (SSSR count). The van der Waals surface area contributed by atoms with Crippen molar-refractivity contribution in [3.63, 3.8) is 0 Å². The Bertz CT molecular complexity index is 545. The van der Waals surface area contributed by atoms with Gasteiger partial charge < -0.3 is 16.0 Å². The molecule has 1 aliphatic heterocycles. The average molecular weight is 324 g/mol. The average Bonchev–Trinajstić information content (AvgIpc) is 2.80. The molecule has 5 nitrogen and oxygen atoms in total. The lowest BCUT2D eigenvalue weighted by molar-refractivity contribution is -0.127. The van der Waals surface area contributed by atoms with Crippen LogP contribution in [0.2, 0.25) is 5.02 Å². The first-order valence-corrected chi connectivity index (χ1v) is 7.89. The predicted molar refractivity (Wildman–Crippen MR) is 87.8 cm³/mol. The number of hydrogen-bond acceptors (Lipinski definition) is 3. The van der Waals surface area contributed by atoms with Crippen LogP contribution in [0.3, 0.4) is 0 Å². The second kappa shape index (κ2) is 7.11. The SMILES string of the molecule is CC(C)C[C@H](N)C(=O)NC1CCN(c2ccc(Cl)cc2)C1=O. The highest BCUT2D eigenvalue weighted by atomic mass is 35.5. The van der Waals surface area contributed by atoms with Crippen molar-refractivity contribution >= 4 is 29.1 Å². The van der Waals surface area contributed by atoms with E-state index in [1.165, 1.54) is 0 Å². The third kappa shape index (κ3) is 3.99. The zero-order valence-corrected chi connectivity index (χ0v) is 13.6. The number of amides is 2. The molecule has 1 aliphatic rings. The van der Waals surface area contributed by atoms with Gasteiger partial charge in [-0.2, -0.15) is 0 Å². The number of carbonyl (C=O) groups excluding carboxylic acids is 2. The second-order valence-corrected chi connectivity index (χ2v) is 6.49. The fraction of sp³-hybridized carbons (Fsp3) is 0.500. The number of carbonyl (C=O) groups is 2. The van der Waals surface area contributed by atoms with Gasteiger partial charge in [-0.25, -0.2) is 0 Å².